The van der Waals surface area contributed by atoms with Gasteiger partial charge in [0.15, 0.2) is 0 Å². The number of nitrogens with one attached hydrogen (secondary N) is 1. The highest BCUT2D eigenvalue weighted by molar-refractivity contribution is 7.17. The van der Waals surface area contributed by atoms with Crippen LogP contribution in [0.3, 0.4) is 0 Å². The van der Waals surface area contributed by atoms with Crippen molar-refractivity contribution in [2.45, 2.75) is 69.7 Å². The molecular weight excluding hydrogens is 412 g/mol. The van der Waals surface area contributed by atoms with Crippen LogP contribution < -0.4 is 5.32 Å². The molecule has 0 spiro atoms. The Bertz CT molecular complexity index is 953. The maximum atomic E-state index is 13.7. The van der Waals surface area contributed by atoms with Crippen molar-refractivity contribution in [3.63, 3.8) is 0 Å². The topological polar surface area (TPSA) is 67.9 Å². The van der Waals surface area contributed by atoms with E-state index in [-0.39, 0.29) is 35.5 Å². The molecule has 4 unspecified atom stereocenters. The molecular formula is C24H30N2O4S. The van der Waals surface area contributed by atoms with Crippen molar-refractivity contribution in [2.75, 3.05) is 25.5 Å². The number of ether oxygens (including phenoxy) is 2. The van der Waals surface area contributed by atoms with Crippen LogP contribution in [0.15, 0.2) is 0 Å². The number of methoxy groups -OCH3 is 1. The molecule has 7 aliphatic rings. The first kappa shape index (κ1) is 19.1. The van der Waals surface area contributed by atoms with E-state index in [0.717, 1.165) is 54.5 Å². The van der Waals surface area contributed by atoms with Crippen molar-refractivity contribution in [1.29, 1.82) is 0 Å². The van der Waals surface area contributed by atoms with Crippen molar-refractivity contribution in [3.05, 3.63) is 16.0 Å². The van der Waals surface area contributed by atoms with E-state index in [1.165, 1.54) is 24.1 Å². The van der Waals surface area contributed by atoms with Gasteiger partial charge in [-0.05, 0) is 62.7 Å². The molecule has 6 fully saturated rings. The molecule has 31 heavy (non-hydrogen) atoms. The van der Waals surface area contributed by atoms with E-state index in [2.05, 4.69) is 5.32 Å². The monoisotopic (exact) mass is 442 g/mol. The first-order valence-electron chi connectivity index (χ1n) is 12.0. The normalized spacial score (nSPS) is 39.6. The molecule has 2 saturated heterocycles. The summed E-state index contributed by atoms with van der Waals surface area (Å²) in [5.41, 5.74) is 1.59. The maximum absolute atomic E-state index is 13.7. The maximum Gasteiger partial charge on any atom is 0.257 e. The summed E-state index contributed by atoms with van der Waals surface area (Å²) in [4.78, 5) is 30.4. The Morgan fingerprint density at radius 1 is 1.16 bits per heavy atom. The van der Waals surface area contributed by atoms with Gasteiger partial charge in [0.2, 0.25) is 5.91 Å². The third kappa shape index (κ3) is 2.63. The average Bonchev–Trinajstić information content (AvgIpc) is 3.40. The fourth-order valence-electron chi connectivity index (χ4n) is 7.86. The molecule has 4 aliphatic carbocycles. The number of carbonyl (C=O) groups is 2. The molecule has 1 aromatic heterocycles. The zero-order chi connectivity index (χ0) is 20.9. The van der Waals surface area contributed by atoms with Gasteiger partial charge in [-0.15, -0.1) is 11.3 Å². The van der Waals surface area contributed by atoms with Crippen molar-refractivity contribution >= 4 is 28.2 Å². The van der Waals surface area contributed by atoms with Gasteiger partial charge in [-0.25, -0.2) is 0 Å². The first-order valence-corrected chi connectivity index (χ1v) is 12.8. The number of fused-ring (bicyclic) bond motifs is 4. The summed E-state index contributed by atoms with van der Waals surface area (Å²) in [6, 6.07) is 0. The fraction of sp³-hybridized carbons (Fsp3) is 0.750. The Kier molecular flexibility index (Phi) is 4.03. The van der Waals surface area contributed by atoms with Crippen molar-refractivity contribution < 1.29 is 19.1 Å². The minimum atomic E-state index is -0.189. The largest absolute Gasteiger partial charge is 0.378 e. The van der Waals surface area contributed by atoms with E-state index in [0.29, 0.717) is 24.6 Å². The predicted octanol–water partition coefficient (Wildman–Crippen LogP) is 3.76. The molecule has 1 aromatic rings. The predicted molar refractivity (Wildman–Crippen MR) is 116 cm³/mol. The molecule has 1 N–H and O–H groups in total. The van der Waals surface area contributed by atoms with Crippen LogP contribution in [0.4, 0.5) is 5.00 Å². The molecule has 0 radical (unpaired) electrons. The van der Waals surface area contributed by atoms with Gasteiger partial charge in [0.25, 0.3) is 5.91 Å². The number of anilines is 1. The Hall–Kier alpha value is -1.44. The van der Waals surface area contributed by atoms with Crippen molar-refractivity contribution in [2.24, 2.45) is 23.2 Å². The van der Waals surface area contributed by atoms with Crippen LogP contribution in [-0.2, 0) is 20.7 Å². The van der Waals surface area contributed by atoms with Gasteiger partial charge in [-0.1, -0.05) is 0 Å². The molecule has 166 valence electrons. The van der Waals surface area contributed by atoms with Crippen LogP contribution in [0.2, 0.25) is 0 Å². The van der Waals surface area contributed by atoms with Gasteiger partial charge in [-0.2, -0.15) is 0 Å². The van der Waals surface area contributed by atoms with Crippen molar-refractivity contribution in [1.82, 2.24) is 4.90 Å². The molecule has 8 rings (SSSR count). The van der Waals surface area contributed by atoms with E-state index >= 15 is 0 Å². The number of carbonyl (C=O) groups excluding carboxylic acids is 2. The lowest BCUT2D eigenvalue weighted by molar-refractivity contribution is -0.127. The Labute approximate surface area is 186 Å². The molecule has 6 nitrogen and oxygen atoms in total. The lowest BCUT2D eigenvalue weighted by Gasteiger charge is -2.38. The Balaban J connectivity index is 1.23. The number of rotatable bonds is 4. The lowest BCUT2D eigenvalue weighted by Crippen LogP contribution is -2.54. The Morgan fingerprint density at radius 2 is 1.94 bits per heavy atom. The van der Waals surface area contributed by atoms with Gasteiger partial charge >= 0.3 is 0 Å². The molecule has 7 heteroatoms. The highest BCUT2D eigenvalue weighted by Gasteiger charge is 2.61. The summed E-state index contributed by atoms with van der Waals surface area (Å²) in [7, 11) is 1.70. The zero-order valence-corrected chi connectivity index (χ0v) is 18.8. The van der Waals surface area contributed by atoms with E-state index in [4.69, 9.17) is 9.47 Å². The second kappa shape index (κ2) is 6.55. The molecule has 4 saturated carbocycles. The van der Waals surface area contributed by atoms with E-state index in [1.807, 2.05) is 4.90 Å². The zero-order valence-electron chi connectivity index (χ0n) is 18.0. The summed E-state index contributed by atoms with van der Waals surface area (Å²) in [5.74, 6) is 2.22. The van der Waals surface area contributed by atoms with E-state index < -0.39 is 0 Å². The molecule has 4 heterocycles. The second-order valence-corrected chi connectivity index (χ2v) is 12.0. The number of nitrogens with zero attached hydrogens (tertiary/aromatic N) is 1. The molecule has 4 atom stereocenters. The summed E-state index contributed by atoms with van der Waals surface area (Å²) < 4.78 is 11.6. The summed E-state index contributed by atoms with van der Waals surface area (Å²) in [6.45, 7) is 1.24. The van der Waals surface area contributed by atoms with E-state index in [9.17, 15) is 9.59 Å². The highest BCUT2D eigenvalue weighted by atomic mass is 32.1. The molecule has 3 aliphatic heterocycles. The van der Waals surface area contributed by atoms with Crippen LogP contribution in [-0.4, -0.2) is 49.1 Å². The van der Waals surface area contributed by atoms with Crippen LogP contribution in [0, 0.1) is 23.2 Å². The minimum absolute atomic E-state index is 0.00520. The third-order valence-corrected chi connectivity index (χ3v) is 10.4. The SMILES string of the molecule is COC1CN(C(=O)c2c(NC(=O)C34CC5CC(CC3C5)C4)sc3c2C2CCC(C3)O2)C1. The molecule has 2 amide bonds. The first-order chi connectivity index (χ1) is 15.0. The number of hydrogen-bond donors (Lipinski definition) is 1. The number of hydrogen-bond acceptors (Lipinski definition) is 5. The van der Waals surface area contributed by atoms with E-state index in [1.54, 1.807) is 18.4 Å². The number of likely N-dealkylation sites (tertiary alicyclic amines) is 1. The number of thiophene rings is 1. The van der Waals surface area contributed by atoms with Gasteiger partial charge in [0, 0.05) is 37.1 Å². The van der Waals surface area contributed by atoms with Gasteiger partial charge in [0.05, 0.1) is 29.3 Å². The van der Waals surface area contributed by atoms with Crippen LogP contribution in [0.25, 0.3) is 0 Å². The summed E-state index contributed by atoms with van der Waals surface area (Å²) in [5, 5.41) is 4.10. The fourth-order valence-corrected chi connectivity index (χ4v) is 9.17. The summed E-state index contributed by atoms with van der Waals surface area (Å²) >= 11 is 1.64. The quantitative estimate of drug-likeness (QED) is 0.771. The second-order valence-electron chi connectivity index (χ2n) is 10.9. The van der Waals surface area contributed by atoms with Crippen LogP contribution >= 0.6 is 11.3 Å². The number of amides is 2. The molecule has 0 aromatic carbocycles. The van der Waals surface area contributed by atoms with Crippen LogP contribution in [0.1, 0.15) is 71.8 Å². The Morgan fingerprint density at radius 3 is 2.68 bits per heavy atom. The highest BCUT2D eigenvalue weighted by Crippen LogP contribution is 2.65. The third-order valence-electron chi connectivity index (χ3n) is 9.22. The standard InChI is InChI=1S/C24H30N2O4S/c1-29-16-10-26(11-16)22(27)20-19-17-3-2-15(30-17)7-18(19)31-21(20)25-23(28)24-8-12-4-13(9-24)6-14(24)5-12/h12-17H,2-11H2,1H3,(H,25,28). The average molecular weight is 443 g/mol. The van der Waals surface area contributed by atoms with Gasteiger partial charge in [-0.3, -0.25) is 9.59 Å². The van der Waals surface area contributed by atoms with Gasteiger partial charge < -0.3 is 19.7 Å². The smallest absolute Gasteiger partial charge is 0.257 e. The van der Waals surface area contributed by atoms with Gasteiger partial charge in [0.1, 0.15) is 5.00 Å². The lowest BCUT2D eigenvalue weighted by atomic mass is 9.75. The summed E-state index contributed by atoms with van der Waals surface area (Å²) in [6.07, 6.45) is 9.14. The van der Waals surface area contributed by atoms with Crippen molar-refractivity contribution in [3.8, 4) is 0 Å². The minimum Gasteiger partial charge on any atom is -0.378 e. The van der Waals surface area contributed by atoms with Crippen LogP contribution in [0.5, 0.6) is 0 Å². The molecule has 6 bridgehead atoms.